The summed E-state index contributed by atoms with van der Waals surface area (Å²) in [4.78, 5) is 10.2. The molecule has 0 fully saturated rings. The fourth-order valence-electron chi connectivity index (χ4n) is 0.478. The Morgan fingerprint density at radius 1 is 1.67 bits per heavy atom. The van der Waals surface area contributed by atoms with Gasteiger partial charge in [-0.25, -0.2) is 0 Å². The highest BCUT2D eigenvalue weighted by Gasteiger charge is 2.09. The van der Waals surface area contributed by atoms with Crippen LogP contribution in [0.25, 0.3) is 0 Å². The molecule has 0 radical (unpaired) electrons. The highest BCUT2D eigenvalue weighted by Crippen LogP contribution is 2.02. The van der Waals surface area contributed by atoms with Gasteiger partial charge in [-0.05, 0) is 17.9 Å². The van der Waals surface area contributed by atoms with Crippen LogP contribution in [0.1, 0.15) is 13.3 Å². The van der Waals surface area contributed by atoms with Crippen LogP contribution in [0.15, 0.2) is 0 Å². The topological polar surface area (TPSA) is 98.3 Å². The second kappa shape index (κ2) is 11.1. The molecule has 1 atom stereocenters. The van der Waals surface area contributed by atoms with Gasteiger partial charge in [-0.2, -0.15) is 25.3 Å². The molecule has 0 aromatic rings. The molecule has 0 amide bonds. The summed E-state index contributed by atoms with van der Waals surface area (Å²) in [5, 5.41) is 8.35. The average molecular weight is 214 g/mol. The molecule has 0 aliphatic rings. The van der Waals surface area contributed by atoms with Gasteiger partial charge in [0.15, 0.2) is 0 Å². The van der Waals surface area contributed by atoms with Crippen molar-refractivity contribution in [3.63, 3.8) is 0 Å². The lowest BCUT2D eigenvalue weighted by atomic mass is 10.2. The van der Waals surface area contributed by atoms with E-state index in [2.05, 4.69) is 0 Å². The van der Waals surface area contributed by atoms with Gasteiger partial charge in [-0.15, -0.1) is 0 Å². The van der Waals surface area contributed by atoms with Gasteiger partial charge in [-0.1, -0.05) is 6.92 Å². The molecule has 0 aliphatic heterocycles. The molecular formula is C6H18N2O2S2. The number of thioether (sulfide) groups is 1. The quantitative estimate of drug-likeness (QED) is 0.588. The van der Waals surface area contributed by atoms with Gasteiger partial charge in [0.05, 0.1) is 0 Å². The minimum atomic E-state index is -0.906. The summed E-state index contributed by atoms with van der Waals surface area (Å²) >= 11 is 1.71. The second-order valence-electron chi connectivity index (χ2n) is 1.93. The second-order valence-corrected chi connectivity index (χ2v) is 3.32. The van der Waals surface area contributed by atoms with Crippen LogP contribution in [0.3, 0.4) is 0 Å². The number of carboxylic acids is 1. The predicted octanol–water partition coefficient (Wildman–Crippen LogP) is 0.816. The number of hydrogen-bond donors (Lipinski definition) is 3. The van der Waals surface area contributed by atoms with Crippen LogP contribution in [0.4, 0.5) is 0 Å². The van der Waals surface area contributed by atoms with Crippen molar-refractivity contribution >= 4 is 31.2 Å². The summed E-state index contributed by atoms with van der Waals surface area (Å²) in [6.07, 6.45) is 0.563. The van der Waals surface area contributed by atoms with E-state index >= 15 is 0 Å². The van der Waals surface area contributed by atoms with Crippen molar-refractivity contribution in [3.05, 3.63) is 0 Å². The van der Waals surface area contributed by atoms with Crippen LogP contribution in [0.5, 0.6) is 0 Å². The first-order chi connectivity index (χ1) is 4.68. The molecular weight excluding hydrogens is 196 g/mol. The largest absolute Gasteiger partial charge is 0.480 e. The summed E-state index contributed by atoms with van der Waals surface area (Å²) < 4.78 is 0. The molecule has 6 heteroatoms. The zero-order valence-electron chi connectivity index (χ0n) is 7.25. The Morgan fingerprint density at radius 2 is 2.17 bits per heavy atom. The van der Waals surface area contributed by atoms with Crippen molar-refractivity contribution in [2.24, 2.45) is 5.73 Å². The van der Waals surface area contributed by atoms with Crippen LogP contribution < -0.4 is 11.9 Å². The Balaban J connectivity index is -0.000000405. The zero-order valence-corrected chi connectivity index (χ0v) is 9.06. The van der Waals surface area contributed by atoms with Crippen LogP contribution in [-0.4, -0.2) is 28.6 Å². The average Bonchev–Trinajstić information content (AvgIpc) is 1.88. The van der Waals surface area contributed by atoms with Crippen LogP contribution in [0.2, 0.25) is 0 Å². The van der Waals surface area contributed by atoms with E-state index in [0.29, 0.717) is 6.42 Å². The van der Waals surface area contributed by atoms with E-state index < -0.39 is 12.0 Å². The fourth-order valence-corrected chi connectivity index (χ4v) is 1.19. The number of hydrogen-bond acceptors (Lipinski definition) is 4. The standard InChI is InChI=1S/C6H13NO2S.H3N.H2S/c1-2-10-4-3-5(7)6(8)9;;/h5H,2-4,7H2,1H3,(H,8,9);1H3;1H2/t5-;;/m0../s1. The molecule has 0 spiro atoms. The lowest BCUT2D eigenvalue weighted by molar-refractivity contribution is -0.138. The van der Waals surface area contributed by atoms with Crippen molar-refractivity contribution in [1.29, 1.82) is 0 Å². The third-order valence-corrected chi connectivity index (χ3v) is 2.03. The summed E-state index contributed by atoms with van der Waals surface area (Å²) in [7, 11) is 0. The predicted molar refractivity (Wildman–Crippen MR) is 58.6 cm³/mol. The maximum atomic E-state index is 10.2. The Morgan fingerprint density at radius 3 is 2.50 bits per heavy atom. The van der Waals surface area contributed by atoms with E-state index in [1.165, 1.54) is 0 Å². The molecule has 0 heterocycles. The summed E-state index contributed by atoms with van der Waals surface area (Å²) in [6, 6.07) is -0.681. The molecule has 0 aromatic heterocycles. The minimum absolute atomic E-state index is 0. The van der Waals surface area contributed by atoms with E-state index in [1.807, 2.05) is 6.92 Å². The first-order valence-electron chi connectivity index (χ1n) is 3.24. The first kappa shape index (κ1) is 18.0. The molecule has 4 nitrogen and oxygen atoms in total. The lowest BCUT2D eigenvalue weighted by Gasteiger charge is -2.03. The van der Waals surface area contributed by atoms with Gasteiger partial charge in [0.2, 0.25) is 0 Å². The normalized spacial score (nSPS) is 10.8. The van der Waals surface area contributed by atoms with Crippen molar-refractivity contribution in [2.45, 2.75) is 19.4 Å². The monoisotopic (exact) mass is 214 g/mol. The van der Waals surface area contributed by atoms with Crippen LogP contribution >= 0.6 is 25.3 Å². The van der Waals surface area contributed by atoms with Crippen molar-refractivity contribution in [1.82, 2.24) is 6.15 Å². The fraction of sp³-hybridized carbons (Fsp3) is 0.833. The van der Waals surface area contributed by atoms with Crippen LogP contribution in [0, 0.1) is 0 Å². The van der Waals surface area contributed by atoms with Crippen molar-refractivity contribution < 1.29 is 9.90 Å². The van der Waals surface area contributed by atoms with Gasteiger partial charge in [-0.3, -0.25) is 4.79 Å². The zero-order chi connectivity index (χ0) is 7.98. The highest BCUT2D eigenvalue weighted by molar-refractivity contribution is 7.99. The minimum Gasteiger partial charge on any atom is -0.480 e. The molecule has 0 aromatic carbocycles. The summed E-state index contributed by atoms with van der Waals surface area (Å²) in [5.41, 5.74) is 5.24. The number of aliphatic carboxylic acids is 1. The van der Waals surface area contributed by atoms with E-state index in [-0.39, 0.29) is 19.6 Å². The maximum absolute atomic E-state index is 10.2. The first-order valence-corrected chi connectivity index (χ1v) is 4.40. The smallest absolute Gasteiger partial charge is 0.320 e. The lowest BCUT2D eigenvalue weighted by Crippen LogP contribution is -2.30. The molecule has 0 aliphatic carbocycles. The van der Waals surface area contributed by atoms with Gasteiger partial charge >= 0.3 is 5.97 Å². The van der Waals surface area contributed by atoms with E-state index in [1.54, 1.807) is 11.8 Å². The molecule has 0 saturated heterocycles. The number of carboxylic acid groups (broad SMARTS) is 1. The van der Waals surface area contributed by atoms with Gasteiger partial charge < -0.3 is 17.0 Å². The molecule has 0 rings (SSSR count). The summed E-state index contributed by atoms with van der Waals surface area (Å²) in [5.74, 6) is 0.952. The van der Waals surface area contributed by atoms with E-state index in [4.69, 9.17) is 10.8 Å². The molecule has 12 heavy (non-hydrogen) atoms. The Labute approximate surface area is 84.3 Å². The Bertz CT molecular complexity index is 114. The van der Waals surface area contributed by atoms with E-state index in [0.717, 1.165) is 11.5 Å². The third-order valence-electron chi connectivity index (χ3n) is 1.09. The summed E-state index contributed by atoms with van der Waals surface area (Å²) in [6.45, 7) is 2.04. The molecule has 0 unspecified atom stereocenters. The third kappa shape index (κ3) is 10.1. The number of carbonyl (C=O) groups is 1. The number of nitrogens with two attached hydrogens (primary N) is 1. The van der Waals surface area contributed by atoms with Crippen LogP contribution in [-0.2, 0) is 4.79 Å². The Kier molecular flexibility index (Phi) is 16.6. The Hall–Kier alpha value is 0.0900. The molecule has 76 valence electrons. The SMILES string of the molecule is CCSCC[C@H](N)C(=O)O.N.S. The van der Waals surface area contributed by atoms with Gasteiger partial charge in [0.25, 0.3) is 0 Å². The molecule has 0 saturated carbocycles. The van der Waals surface area contributed by atoms with E-state index in [9.17, 15) is 4.79 Å². The van der Waals surface area contributed by atoms with Crippen molar-refractivity contribution in [2.75, 3.05) is 11.5 Å². The van der Waals surface area contributed by atoms with Crippen molar-refractivity contribution in [3.8, 4) is 0 Å². The number of rotatable bonds is 5. The van der Waals surface area contributed by atoms with Gasteiger partial charge in [0, 0.05) is 0 Å². The highest BCUT2D eigenvalue weighted by atomic mass is 32.2. The maximum Gasteiger partial charge on any atom is 0.320 e. The molecule has 6 N–H and O–H groups in total. The molecule has 0 bridgehead atoms. The van der Waals surface area contributed by atoms with Gasteiger partial charge in [0.1, 0.15) is 6.04 Å².